The third kappa shape index (κ3) is 4.51. The molecule has 16 heavy (non-hydrogen) atoms. The minimum atomic E-state index is -2.02. The summed E-state index contributed by atoms with van der Waals surface area (Å²) in [7, 11) is 1.48. The van der Waals surface area contributed by atoms with Gasteiger partial charge in [-0.3, -0.25) is 0 Å². The second kappa shape index (κ2) is 6.71. The van der Waals surface area contributed by atoms with E-state index in [1.54, 1.807) is 14.2 Å². The molecule has 0 N–H and O–H groups in total. The molecule has 1 rings (SSSR count). The highest BCUT2D eigenvalue weighted by atomic mass is 28.4. The molecule has 0 aromatic heterocycles. The van der Waals surface area contributed by atoms with Crippen LogP contribution in [0.5, 0.6) is 0 Å². The van der Waals surface area contributed by atoms with Crippen molar-refractivity contribution in [2.24, 2.45) is 0 Å². The monoisotopic (exact) mass is 248 g/mol. The molecular weight excluding hydrogens is 224 g/mol. The van der Waals surface area contributed by atoms with Crippen molar-refractivity contribution in [2.45, 2.75) is 44.6 Å². The van der Waals surface area contributed by atoms with Gasteiger partial charge in [0.1, 0.15) is 6.10 Å². The largest absolute Gasteiger partial charge is 0.398 e. The topological polar surface area (TPSA) is 40.2 Å². The SMILES string of the molecule is CCC[Si](CC(C)OCC1CO1)(OC)OC. The highest BCUT2D eigenvalue weighted by molar-refractivity contribution is 6.67. The molecule has 5 heteroatoms. The Balaban J connectivity index is 2.32. The first-order valence-electron chi connectivity index (χ1n) is 5.99. The molecule has 0 amide bonds. The molecule has 0 saturated carbocycles. The summed E-state index contributed by atoms with van der Waals surface area (Å²) in [4.78, 5) is 0. The van der Waals surface area contributed by atoms with Crippen molar-refractivity contribution in [1.82, 2.24) is 0 Å². The Labute approximate surface area is 99.5 Å². The Morgan fingerprint density at radius 1 is 1.38 bits per heavy atom. The van der Waals surface area contributed by atoms with Gasteiger partial charge in [-0.05, 0) is 13.0 Å². The molecule has 1 fully saturated rings. The smallest absolute Gasteiger partial charge is 0.340 e. The third-order valence-electron chi connectivity index (χ3n) is 2.94. The first kappa shape index (κ1) is 14.1. The number of rotatable bonds is 9. The highest BCUT2D eigenvalue weighted by Crippen LogP contribution is 2.23. The molecule has 2 unspecified atom stereocenters. The minimum Gasteiger partial charge on any atom is -0.398 e. The summed E-state index contributed by atoms with van der Waals surface area (Å²) in [5.41, 5.74) is 0. The van der Waals surface area contributed by atoms with Crippen molar-refractivity contribution >= 4 is 8.56 Å². The quantitative estimate of drug-likeness (QED) is 0.462. The van der Waals surface area contributed by atoms with E-state index in [2.05, 4.69) is 13.8 Å². The molecule has 0 radical (unpaired) electrons. The summed E-state index contributed by atoms with van der Waals surface area (Å²) in [5, 5.41) is 0. The van der Waals surface area contributed by atoms with E-state index >= 15 is 0 Å². The van der Waals surface area contributed by atoms with Crippen LogP contribution >= 0.6 is 0 Å². The average Bonchev–Trinajstić information content (AvgIpc) is 3.09. The maximum absolute atomic E-state index is 5.72. The van der Waals surface area contributed by atoms with Crippen LogP contribution in [0.15, 0.2) is 0 Å². The van der Waals surface area contributed by atoms with Gasteiger partial charge in [-0.15, -0.1) is 0 Å². The minimum absolute atomic E-state index is 0.183. The predicted molar refractivity (Wildman–Crippen MR) is 64.8 cm³/mol. The van der Waals surface area contributed by atoms with Gasteiger partial charge in [-0.2, -0.15) is 0 Å². The lowest BCUT2D eigenvalue weighted by atomic mass is 10.4. The zero-order chi connectivity index (χ0) is 12.0. The Hall–Kier alpha value is 0.0569. The molecule has 0 spiro atoms. The van der Waals surface area contributed by atoms with Crippen molar-refractivity contribution in [3.05, 3.63) is 0 Å². The third-order valence-corrected chi connectivity index (χ3v) is 6.89. The van der Waals surface area contributed by atoms with Crippen molar-refractivity contribution in [1.29, 1.82) is 0 Å². The van der Waals surface area contributed by atoms with E-state index in [0.717, 1.165) is 25.1 Å². The molecule has 0 bridgehead atoms. The molecule has 2 atom stereocenters. The standard InChI is InChI=1S/C11H24O4Si/c1-5-6-16(12-3,13-4)9-10(2)14-7-11-8-15-11/h10-11H,5-9H2,1-4H3. The van der Waals surface area contributed by atoms with E-state index in [1.807, 2.05) is 0 Å². The lowest BCUT2D eigenvalue weighted by Gasteiger charge is -2.29. The maximum atomic E-state index is 5.72. The van der Waals surface area contributed by atoms with E-state index in [9.17, 15) is 0 Å². The van der Waals surface area contributed by atoms with Gasteiger partial charge < -0.3 is 18.3 Å². The van der Waals surface area contributed by atoms with Gasteiger partial charge in [0.15, 0.2) is 0 Å². The van der Waals surface area contributed by atoms with E-state index in [4.69, 9.17) is 18.3 Å². The summed E-state index contributed by atoms with van der Waals surface area (Å²) in [6.07, 6.45) is 1.60. The zero-order valence-corrected chi connectivity index (χ0v) is 11.8. The summed E-state index contributed by atoms with van der Waals surface area (Å²) in [6, 6.07) is 1.91. The Morgan fingerprint density at radius 3 is 2.44 bits per heavy atom. The maximum Gasteiger partial charge on any atom is 0.340 e. The molecule has 1 saturated heterocycles. The normalized spacial score (nSPS) is 22.1. The first-order valence-corrected chi connectivity index (χ1v) is 8.22. The van der Waals surface area contributed by atoms with Crippen LogP contribution in [0.25, 0.3) is 0 Å². The molecule has 4 nitrogen and oxygen atoms in total. The van der Waals surface area contributed by atoms with Crippen LogP contribution in [0.4, 0.5) is 0 Å². The van der Waals surface area contributed by atoms with Crippen LogP contribution in [0, 0.1) is 0 Å². The van der Waals surface area contributed by atoms with Crippen LogP contribution in [0.2, 0.25) is 12.1 Å². The number of ether oxygens (including phenoxy) is 2. The summed E-state index contributed by atoms with van der Waals surface area (Å²) >= 11 is 0. The van der Waals surface area contributed by atoms with Gasteiger partial charge >= 0.3 is 8.56 Å². The molecular formula is C11H24O4Si. The summed E-state index contributed by atoms with van der Waals surface area (Å²) < 4.78 is 22.1. The van der Waals surface area contributed by atoms with Crippen LogP contribution < -0.4 is 0 Å². The molecule has 1 aliphatic heterocycles. The van der Waals surface area contributed by atoms with Gasteiger partial charge in [0.05, 0.1) is 19.3 Å². The van der Waals surface area contributed by atoms with Crippen molar-refractivity contribution in [2.75, 3.05) is 27.4 Å². The number of hydrogen-bond acceptors (Lipinski definition) is 4. The van der Waals surface area contributed by atoms with Crippen LogP contribution in [-0.2, 0) is 18.3 Å². The van der Waals surface area contributed by atoms with E-state index < -0.39 is 8.56 Å². The molecule has 0 aromatic rings. The van der Waals surface area contributed by atoms with Gasteiger partial charge in [-0.25, -0.2) is 0 Å². The molecule has 1 heterocycles. The van der Waals surface area contributed by atoms with Crippen molar-refractivity contribution in [3.63, 3.8) is 0 Å². The van der Waals surface area contributed by atoms with Gasteiger partial charge in [-0.1, -0.05) is 13.3 Å². The van der Waals surface area contributed by atoms with Crippen LogP contribution in [-0.4, -0.2) is 48.2 Å². The fourth-order valence-electron chi connectivity index (χ4n) is 1.87. The lowest BCUT2D eigenvalue weighted by Crippen LogP contribution is -2.43. The zero-order valence-electron chi connectivity index (χ0n) is 10.8. The van der Waals surface area contributed by atoms with E-state index in [0.29, 0.717) is 12.7 Å². The van der Waals surface area contributed by atoms with Gasteiger partial charge in [0.2, 0.25) is 0 Å². The Morgan fingerprint density at radius 2 is 2.00 bits per heavy atom. The Bertz CT molecular complexity index is 192. The Kier molecular flexibility index (Phi) is 5.92. The van der Waals surface area contributed by atoms with Gasteiger partial charge in [0.25, 0.3) is 0 Å². The molecule has 0 aliphatic carbocycles. The average molecular weight is 248 g/mol. The number of hydrogen-bond donors (Lipinski definition) is 0. The van der Waals surface area contributed by atoms with E-state index in [-0.39, 0.29) is 6.10 Å². The molecule has 0 aromatic carbocycles. The fourth-order valence-corrected chi connectivity index (χ4v) is 4.74. The predicted octanol–water partition coefficient (Wildman–Crippen LogP) is 1.94. The van der Waals surface area contributed by atoms with E-state index in [1.165, 1.54) is 0 Å². The van der Waals surface area contributed by atoms with Crippen LogP contribution in [0.1, 0.15) is 20.3 Å². The fraction of sp³-hybridized carbons (Fsp3) is 1.00. The van der Waals surface area contributed by atoms with Gasteiger partial charge in [0, 0.05) is 20.3 Å². The summed E-state index contributed by atoms with van der Waals surface area (Å²) in [6.45, 7) is 5.78. The van der Waals surface area contributed by atoms with Crippen LogP contribution in [0.3, 0.4) is 0 Å². The lowest BCUT2D eigenvalue weighted by molar-refractivity contribution is 0.0579. The molecule has 1 aliphatic rings. The second-order valence-electron chi connectivity index (χ2n) is 4.37. The molecule has 96 valence electrons. The summed E-state index contributed by atoms with van der Waals surface area (Å²) in [5.74, 6) is 0. The van der Waals surface area contributed by atoms with Crippen molar-refractivity contribution in [3.8, 4) is 0 Å². The first-order chi connectivity index (χ1) is 7.65. The highest BCUT2D eigenvalue weighted by Gasteiger charge is 2.37. The number of epoxide rings is 1. The second-order valence-corrected chi connectivity index (χ2v) is 7.92. The van der Waals surface area contributed by atoms with Crippen molar-refractivity contribution < 1.29 is 18.3 Å².